The molecule has 0 heteroatoms. The molecule has 0 aliphatic heterocycles. The van der Waals surface area contributed by atoms with Gasteiger partial charge in [-0.15, -0.1) is 13.2 Å². The zero-order valence-electron chi connectivity index (χ0n) is 13.0. The van der Waals surface area contributed by atoms with Crippen molar-refractivity contribution in [1.82, 2.24) is 0 Å². The van der Waals surface area contributed by atoms with E-state index in [1.165, 1.54) is 22.3 Å². The third-order valence-corrected chi connectivity index (χ3v) is 3.00. The molecule has 0 spiro atoms. The van der Waals surface area contributed by atoms with Gasteiger partial charge in [0.1, 0.15) is 0 Å². The lowest BCUT2D eigenvalue weighted by Crippen LogP contribution is -2.00. The molecule has 0 heterocycles. The van der Waals surface area contributed by atoms with E-state index < -0.39 is 0 Å². The van der Waals surface area contributed by atoms with Crippen molar-refractivity contribution in [2.75, 3.05) is 0 Å². The first-order valence-corrected chi connectivity index (χ1v) is 6.87. The fourth-order valence-electron chi connectivity index (χ4n) is 2.08. The Bertz CT molecular complexity index is 413. The maximum Gasteiger partial charge on any atom is -0.00453 e. The monoisotopic (exact) mass is 256 g/mol. The predicted octanol–water partition coefficient (Wildman–Crippen LogP) is 6.17. The third kappa shape index (κ3) is 6.81. The summed E-state index contributed by atoms with van der Waals surface area (Å²) in [6, 6.07) is 0. The Balaban J connectivity index is 5.71. The van der Waals surface area contributed by atoms with Gasteiger partial charge in [-0.2, -0.15) is 0 Å². The molecule has 0 aromatic rings. The van der Waals surface area contributed by atoms with Crippen LogP contribution in [0.5, 0.6) is 0 Å². The lowest BCUT2D eigenvalue weighted by Gasteiger charge is -2.16. The molecule has 0 radical (unpaired) electrons. The van der Waals surface area contributed by atoms with E-state index in [0.29, 0.717) is 5.92 Å². The van der Waals surface area contributed by atoms with Crippen LogP contribution in [0.1, 0.15) is 40.5 Å². The van der Waals surface area contributed by atoms with Crippen LogP contribution in [0, 0.1) is 5.92 Å². The summed E-state index contributed by atoms with van der Waals surface area (Å²) < 4.78 is 0. The average Bonchev–Trinajstić information content (AvgIpc) is 2.34. The van der Waals surface area contributed by atoms with Gasteiger partial charge in [0.25, 0.3) is 0 Å². The highest BCUT2D eigenvalue weighted by Crippen LogP contribution is 2.26. The van der Waals surface area contributed by atoms with E-state index in [-0.39, 0.29) is 0 Å². The molecule has 0 N–H and O–H groups in total. The van der Waals surface area contributed by atoms with Crippen LogP contribution in [0.4, 0.5) is 0 Å². The van der Waals surface area contributed by atoms with Gasteiger partial charge in [-0.25, -0.2) is 0 Å². The maximum atomic E-state index is 4.04. The molecular formula is C19H28. The standard InChI is InChI=1S/C19H28/c1-8-11-16(6)14-18(13-15(4)5)19(12-9-2)17(7)10-3/h8-11,14,17H,2-4,12-13H2,1,5-7H3. The lowest BCUT2D eigenvalue weighted by molar-refractivity contribution is 0.813. The van der Waals surface area contributed by atoms with E-state index in [1.54, 1.807) is 0 Å². The fourth-order valence-corrected chi connectivity index (χ4v) is 2.08. The Morgan fingerprint density at radius 3 is 2.26 bits per heavy atom. The second-order valence-corrected chi connectivity index (χ2v) is 5.09. The van der Waals surface area contributed by atoms with Gasteiger partial charge in [0.2, 0.25) is 0 Å². The van der Waals surface area contributed by atoms with Gasteiger partial charge < -0.3 is 0 Å². The normalized spacial score (nSPS) is 15.1. The molecule has 19 heavy (non-hydrogen) atoms. The summed E-state index contributed by atoms with van der Waals surface area (Å²) in [7, 11) is 0. The van der Waals surface area contributed by atoms with Crippen LogP contribution in [-0.4, -0.2) is 0 Å². The Kier molecular flexibility index (Phi) is 8.61. The van der Waals surface area contributed by atoms with Crippen molar-refractivity contribution in [2.45, 2.75) is 40.5 Å². The first-order chi connectivity index (χ1) is 8.96. The van der Waals surface area contributed by atoms with Crippen LogP contribution in [0.2, 0.25) is 0 Å². The van der Waals surface area contributed by atoms with Crippen molar-refractivity contribution in [1.29, 1.82) is 0 Å². The molecule has 0 aromatic carbocycles. The minimum absolute atomic E-state index is 0.363. The largest absolute Gasteiger partial charge is 0.103 e. The van der Waals surface area contributed by atoms with E-state index in [4.69, 9.17) is 0 Å². The zero-order valence-corrected chi connectivity index (χ0v) is 13.0. The fraction of sp³-hybridized carbons (Fsp3) is 0.368. The molecule has 0 fully saturated rings. The first-order valence-electron chi connectivity index (χ1n) is 6.87. The molecule has 1 unspecified atom stereocenters. The summed E-state index contributed by atoms with van der Waals surface area (Å²) in [5.74, 6) is 0.363. The summed E-state index contributed by atoms with van der Waals surface area (Å²) in [6.07, 6.45) is 12.2. The first kappa shape index (κ1) is 17.4. The summed E-state index contributed by atoms with van der Waals surface area (Å²) in [5, 5.41) is 0. The second kappa shape index (κ2) is 9.38. The quantitative estimate of drug-likeness (QED) is 0.360. The summed E-state index contributed by atoms with van der Waals surface area (Å²) in [4.78, 5) is 0. The SMILES string of the molecule is C=CCC(=C(C=C(C)C=CC)CC(=C)C)C(C)C=C. The molecule has 0 nitrogen and oxygen atoms in total. The van der Waals surface area contributed by atoms with E-state index in [9.17, 15) is 0 Å². The van der Waals surface area contributed by atoms with Gasteiger partial charge >= 0.3 is 0 Å². The van der Waals surface area contributed by atoms with Gasteiger partial charge in [0.15, 0.2) is 0 Å². The van der Waals surface area contributed by atoms with Gasteiger partial charge in [0.05, 0.1) is 0 Å². The number of hydrogen-bond donors (Lipinski definition) is 0. The molecule has 104 valence electrons. The average molecular weight is 256 g/mol. The highest BCUT2D eigenvalue weighted by atomic mass is 14.1. The third-order valence-electron chi connectivity index (χ3n) is 3.00. The summed E-state index contributed by atoms with van der Waals surface area (Å²) in [5.41, 5.74) is 5.17. The molecule has 0 rings (SSSR count). The van der Waals surface area contributed by atoms with Crippen molar-refractivity contribution < 1.29 is 0 Å². The van der Waals surface area contributed by atoms with Gasteiger partial charge in [0, 0.05) is 0 Å². The van der Waals surface area contributed by atoms with E-state index in [0.717, 1.165) is 12.8 Å². The van der Waals surface area contributed by atoms with E-state index >= 15 is 0 Å². The molecule has 0 amide bonds. The van der Waals surface area contributed by atoms with Crippen molar-refractivity contribution in [3.63, 3.8) is 0 Å². The van der Waals surface area contributed by atoms with Gasteiger partial charge in [-0.3, -0.25) is 0 Å². The highest BCUT2D eigenvalue weighted by Gasteiger charge is 2.09. The minimum atomic E-state index is 0.363. The van der Waals surface area contributed by atoms with Crippen LogP contribution in [0.3, 0.4) is 0 Å². The van der Waals surface area contributed by atoms with Crippen molar-refractivity contribution in [2.24, 2.45) is 5.92 Å². The Hall–Kier alpha value is -1.56. The number of allylic oxidation sites excluding steroid dienone is 9. The van der Waals surface area contributed by atoms with Crippen LogP contribution >= 0.6 is 0 Å². The molecule has 0 aromatic heterocycles. The van der Waals surface area contributed by atoms with E-state index in [1.807, 2.05) is 19.1 Å². The maximum absolute atomic E-state index is 4.04. The Labute approximate surface area is 119 Å². The zero-order chi connectivity index (χ0) is 14.8. The van der Waals surface area contributed by atoms with Crippen LogP contribution < -0.4 is 0 Å². The molecular weight excluding hydrogens is 228 g/mol. The lowest BCUT2D eigenvalue weighted by atomic mass is 9.89. The topological polar surface area (TPSA) is 0 Å². The summed E-state index contributed by atoms with van der Waals surface area (Å²) >= 11 is 0. The summed E-state index contributed by atoms with van der Waals surface area (Å²) in [6.45, 7) is 20.2. The predicted molar refractivity (Wildman–Crippen MR) is 89.2 cm³/mol. The number of hydrogen-bond acceptors (Lipinski definition) is 0. The molecule has 0 bridgehead atoms. The molecule has 0 aliphatic rings. The highest BCUT2D eigenvalue weighted by molar-refractivity contribution is 5.37. The van der Waals surface area contributed by atoms with Crippen molar-refractivity contribution >= 4 is 0 Å². The van der Waals surface area contributed by atoms with Crippen LogP contribution in [0.25, 0.3) is 0 Å². The van der Waals surface area contributed by atoms with Crippen LogP contribution in [-0.2, 0) is 0 Å². The van der Waals surface area contributed by atoms with Crippen LogP contribution in [0.15, 0.2) is 72.4 Å². The van der Waals surface area contributed by atoms with Gasteiger partial charge in [-0.05, 0) is 45.1 Å². The molecule has 0 saturated carbocycles. The molecule has 0 aliphatic carbocycles. The minimum Gasteiger partial charge on any atom is -0.103 e. The van der Waals surface area contributed by atoms with Gasteiger partial charge in [-0.1, -0.05) is 60.6 Å². The van der Waals surface area contributed by atoms with Crippen molar-refractivity contribution in [3.05, 3.63) is 72.4 Å². The van der Waals surface area contributed by atoms with E-state index in [2.05, 4.69) is 58.7 Å². The van der Waals surface area contributed by atoms with Crippen molar-refractivity contribution in [3.8, 4) is 0 Å². The second-order valence-electron chi connectivity index (χ2n) is 5.09. The molecule has 1 atom stereocenters. The smallest absolute Gasteiger partial charge is 0.00453 e. The molecule has 0 saturated heterocycles. The number of rotatable bonds is 8. The Morgan fingerprint density at radius 1 is 1.21 bits per heavy atom. The Morgan fingerprint density at radius 2 is 1.84 bits per heavy atom.